The summed E-state index contributed by atoms with van der Waals surface area (Å²) >= 11 is 6.05. The Morgan fingerprint density at radius 3 is 2.28 bits per heavy atom. The molecule has 0 spiro atoms. The fraction of sp³-hybridized carbons (Fsp3) is 0.625. The fourth-order valence-electron chi connectivity index (χ4n) is 6.20. The first-order chi connectivity index (χ1) is 15.4. The van der Waals surface area contributed by atoms with Crippen LogP contribution in [0.4, 0.5) is 10.5 Å². The van der Waals surface area contributed by atoms with E-state index in [4.69, 9.17) is 11.6 Å². The SMILES string of the molecule is CCCNC(=O)c1ccc(Cl)cc1NC(=O)CCNC(=O)NC12CC3CC(CC(C3)C1)C2. The first-order valence-corrected chi connectivity index (χ1v) is 12.2. The Kier molecular flexibility index (Phi) is 6.93. The number of anilines is 1. The molecule has 0 radical (unpaired) electrons. The van der Waals surface area contributed by atoms with Crippen molar-refractivity contribution < 1.29 is 14.4 Å². The van der Waals surface area contributed by atoms with E-state index in [1.165, 1.54) is 19.3 Å². The molecule has 4 N–H and O–H groups in total. The molecule has 4 aliphatic rings. The Labute approximate surface area is 194 Å². The zero-order valence-electron chi connectivity index (χ0n) is 18.6. The first-order valence-electron chi connectivity index (χ1n) is 11.8. The minimum absolute atomic E-state index is 0.0529. The van der Waals surface area contributed by atoms with Gasteiger partial charge in [-0.25, -0.2) is 4.79 Å². The van der Waals surface area contributed by atoms with Gasteiger partial charge in [0, 0.05) is 30.1 Å². The number of hydrogen-bond donors (Lipinski definition) is 4. The van der Waals surface area contributed by atoms with Gasteiger partial charge in [-0.15, -0.1) is 0 Å². The first kappa shape index (κ1) is 22.9. The maximum Gasteiger partial charge on any atom is 0.315 e. The summed E-state index contributed by atoms with van der Waals surface area (Å²) in [5, 5.41) is 12.1. The third-order valence-electron chi connectivity index (χ3n) is 7.09. The summed E-state index contributed by atoms with van der Waals surface area (Å²) in [6, 6.07) is 4.59. The van der Waals surface area contributed by atoms with Crippen molar-refractivity contribution in [2.24, 2.45) is 17.8 Å². The van der Waals surface area contributed by atoms with Crippen LogP contribution in [-0.4, -0.2) is 36.5 Å². The summed E-state index contributed by atoms with van der Waals surface area (Å²) in [6.07, 6.45) is 8.16. The van der Waals surface area contributed by atoms with E-state index in [1.54, 1.807) is 18.2 Å². The van der Waals surface area contributed by atoms with Crippen LogP contribution in [-0.2, 0) is 4.79 Å². The summed E-state index contributed by atoms with van der Waals surface area (Å²) in [4.78, 5) is 37.3. The highest BCUT2D eigenvalue weighted by Gasteiger charge is 2.51. The number of nitrogens with one attached hydrogen (secondary N) is 4. The molecule has 4 amide bonds. The topological polar surface area (TPSA) is 99.3 Å². The van der Waals surface area contributed by atoms with Gasteiger partial charge < -0.3 is 21.3 Å². The average Bonchev–Trinajstić information content (AvgIpc) is 2.70. The van der Waals surface area contributed by atoms with Crippen molar-refractivity contribution in [2.45, 2.75) is 63.8 Å². The molecule has 1 aromatic carbocycles. The van der Waals surface area contributed by atoms with Gasteiger partial charge in [0.1, 0.15) is 0 Å². The number of halogens is 1. The minimum atomic E-state index is -0.285. The van der Waals surface area contributed by atoms with E-state index in [2.05, 4.69) is 21.3 Å². The van der Waals surface area contributed by atoms with E-state index in [9.17, 15) is 14.4 Å². The van der Waals surface area contributed by atoms with Crippen LogP contribution in [0, 0.1) is 17.8 Å². The molecule has 5 rings (SSSR count). The minimum Gasteiger partial charge on any atom is -0.352 e. The van der Waals surface area contributed by atoms with Gasteiger partial charge in [-0.05, 0) is 80.9 Å². The molecule has 4 fully saturated rings. The lowest BCUT2D eigenvalue weighted by Crippen LogP contribution is -2.61. The molecule has 0 unspecified atom stereocenters. The third kappa shape index (κ3) is 5.37. The summed E-state index contributed by atoms with van der Waals surface area (Å²) in [6.45, 7) is 2.75. The zero-order chi connectivity index (χ0) is 22.7. The second kappa shape index (κ2) is 9.69. The van der Waals surface area contributed by atoms with Crippen LogP contribution in [0.1, 0.15) is 68.6 Å². The van der Waals surface area contributed by atoms with Crippen LogP contribution in [0.25, 0.3) is 0 Å². The quantitative estimate of drug-likeness (QED) is 0.470. The summed E-state index contributed by atoms with van der Waals surface area (Å²) in [5.74, 6) is 1.73. The summed E-state index contributed by atoms with van der Waals surface area (Å²) < 4.78 is 0. The van der Waals surface area contributed by atoms with Crippen LogP contribution < -0.4 is 21.3 Å². The Morgan fingerprint density at radius 1 is 1.00 bits per heavy atom. The Balaban J connectivity index is 1.25. The smallest absolute Gasteiger partial charge is 0.315 e. The Morgan fingerprint density at radius 2 is 1.66 bits per heavy atom. The average molecular weight is 461 g/mol. The molecule has 8 heteroatoms. The molecule has 1 aromatic rings. The molecule has 4 saturated carbocycles. The molecule has 7 nitrogen and oxygen atoms in total. The lowest BCUT2D eigenvalue weighted by Gasteiger charge is -2.56. The molecule has 0 aromatic heterocycles. The van der Waals surface area contributed by atoms with Gasteiger partial charge in [-0.2, -0.15) is 0 Å². The third-order valence-corrected chi connectivity index (χ3v) is 7.33. The van der Waals surface area contributed by atoms with E-state index in [0.29, 0.717) is 22.8 Å². The van der Waals surface area contributed by atoms with Crippen molar-refractivity contribution in [2.75, 3.05) is 18.4 Å². The number of amides is 4. The molecule has 0 saturated heterocycles. The largest absolute Gasteiger partial charge is 0.352 e. The van der Waals surface area contributed by atoms with E-state index in [0.717, 1.165) is 43.4 Å². The molecule has 32 heavy (non-hydrogen) atoms. The molecular formula is C24H33ClN4O3. The van der Waals surface area contributed by atoms with E-state index in [1.807, 2.05) is 6.92 Å². The summed E-state index contributed by atoms with van der Waals surface area (Å²) in [7, 11) is 0. The second-order valence-electron chi connectivity index (χ2n) is 9.82. The van der Waals surface area contributed by atoms with Crippen molar-refractivity contribution in [3.63, 3.8) is 0 Å². The van der Waals surface area contributed by atoms with Gasteiger partial charge in [-0.3, -0.25) is 9.59 Å². The number of rotatable bonds is 8. The maximum absolute atomic E-state index is 12.5. The fourth-order valence-corrected chi connectivity index (χ4v) is 6.37. The van der Waals surface area contributed by atoms with Crippen LogP contribution in [0.2, 0.25) is 5.02 Å². The summed E-state index contributed by atoms with van der Waals surface area (Å²) in [5.41, 5.74) is 0.681. The number of urea groups is 1. The molecule has 0 atom stereocenters. The van der Waals surface area contributed by atoms with E-state index < -0.39 is 0 Å². The predicted molar refractivity (Wildman–Crippen MR) is 125 cm³/mol. The molecular weight excluding hydrogens is 428 g/mol. The lowest BCUT2D eigenvalue weighted by molar-refractivity contribution is -0.116. The van der Waals surface area contributed by atoms with Crippen molar-refractivity contribution in [3.8, 4) is 0 Å². The predicted octanol–water partition coefficient (Wildman–Crippen LogP) is 4.08. The Hall–Kier alpha value is -2.28. The molecule has 0 aliphatic heterocycles. The van der Waals surface area contributed by atoms with Gasteiger partial charge in [0.15, 0.2) is 0 Å². The van der Waals surface area contributed by atoms with Crippen LogP contribution in [0.15, 0.2) is 18.2 Å². The van der Waals surface area contributed by atoms with Crippen LogP contribution >= 0.6 is 11.6 Å². The van der Waals surface area contributed by atoms with Crippen LogP contribution in [0.3, 0.4) is 0 Å². The second-order valence-corrected chi connectivity index (χ2v) is 10.3. The molecule has 174 valence electrons. The Bertz CT molecular complexity index is 853. The number of hydrogen-bond acceptors (Lipinski definition) is 3. The van der Waals surface area contributed by atoms with Crippen molar-refractivity contribution >= 4 is 35.1 Å². The van der Waals surface area contributed by atoms with E-state index in [-0.39, 0.29) is 36.3 Å². The normalized spacial score (nSPS) is 27.6. The maximum atomic E-state index is 12.5. The standard InChI is InChI=1S/C24H33ClN4O3/c1-2-6-26-22(31)19-4-3-18(25)11-20(19)28-21(30)5-7-27-23(32)29-24-12-15-8-16(13-24)10-17(9-15)14-24/h3-4,11,15-17H,2,5-10,12-14H2,1H3,(H,26,31)(H,28,30)(H2,27,29,32). The molecule has 0 heterocycles. The molecule has 4 aliphatic carbocycles. The van der Waals surface area contributed by atoms with Crippen LogP contribution in [0.5, 0.6) is 0 Å². The highest BCUT2D eigenvalue weighted by Crippen LogP contribution is 2.55. The van der Waals surface area contributed by atoms with E-state index >= 15 is 0 Å². The van der Waals surface area contributed by atoms with Gasteiger partial charge in [0.05, 0.1) is 11.3 Å². The lowest BCUT2D eigenvalue weighted by atomic mass is 9.53. The number of carbonyl (C=O) groups excluding carboxylic acids is 3. The van der Waals surface area contributed by atoms with Crippen molar-refractivity contribution in [3.05, 3.63) is 28.8 Å². The monoisotopic (exact) mass is 460 g/mol. The van der Waals surface area contributed by atoms with Gasteiger partial charge in [0.25, 0.3) is 5.91 Å². The highest BCUT2D eigenvalue weighted by molar-refractivity contribution is 6.31. The van der Waals surface area contributed by atoms with Gasteiger partial charge in [-0.1, -0.05) is 18.5 Å². The number of benzene rings is 1. The van der Waals surface area contributed by atoms with Crippen molar-refractivity contribution in [1.82, 2.24) is 16.0 Å². The molecule has 4 bridgehead atoms. The zero-order valence-corrected chi connectivity index (χ0v) is 19.4. The number of carbonyl (C=O) groups is 3. The highest BCUT2D eigenvalue weighted by atomic mass is 35.5. The van der Waals surface area contributed by atoms with Gasteiger partial charge >= 0.3 is 6.03 Å². The van der Waals surface area contributed by atoms with Crippen molar-refractivity contribution in [1.29, 1.82) is 0 Å². The van der Waals surface area contributed by atoms with Gasteiger partial charge in [0.2, 0.25) is 5.91 Å².